The molecule has 6 heteroatoms. The molecule has 0 fully saturated rings. The van der Waals surface area contributed by atoms with Crippen LogP contribution in [0.15, 0.2) is 42.5 Å². The van der Waals surface area contributed by atoms with E-state index < -0.39 is 0 Å². The zero-order chi connectivity index (χ0) is 21.7. The molecule has 0 radical (unpaired) electrons. The molecule has 0 aromatic heterocycles. The van der Waals surface area contributed by atoms with E-state index in [1.54, 1.807) is 19.1 Å². The number of nitrogens with zero attached hydrogens (tertiary/aromatic N) is 1. The van der Waals surface area contributed by atoms with Crippen molar-refractivity contribution in [3.8, 4) is 11.5 Å². The predicted octanol–water partition coefficient (Wildman–Crippen LogP) is 4.93. The van der Waals surface area contributed by atoms with Gasteiger partial charge in [0, 0.05) is 24.7 Å². The molecule has 0 bridgehead atoms. The fourth-order valence-corrected chi connectivity index (χ4v) is 4.05. The van der Waals surface area contributed by atoms with Gasteiger partial charge in [0.15, 0.2) is 11.5 Å². The molecule has 1 heterocycles. The van der Waals surface area contributed by atoms with Crippen LogP contribution in [0.25, 0.3) is 0 Å². The summed E-state index contributed by atoms with van der Waals surface area (Å²) in [6.45, 7) is 7.17. The van der Waals surface area contributed by atoms with Crippen molar-refractivity contribution < 1.29 is 19.0 Å². The molecule has 0 saturated heterocycles. The number of hydrogen-bond acceptors (Lipinski definition) is 5. The number of anilines is 1. The largest absolute Gasteiger partial charge is 0.493 e. The van der Waals surface area contributed by atoms with Crippen molar-refractivity contribution >= 4 is 11.8 Å². The molecule has 1 aliphatic rings. The maximum Gasteiger partial charge on any atom is 0.414 e. The summed E-state index contributed by atoms with van der Waals surface area (Å²) in [5, 5.41) is 3.68. The number of hydrogen-bond donors (Lipinski definition) is 1. The van der Waals surface area contributed by atoms with E-state index in [1.165, 1.54) is 5.56 Å². The number of fused-ring (bicyclic) bond motifs is 1. The Morgan fingerprint density at radius 1 is 1.13 bits per heavy atom. The Morgan fingerprint density at radius 2 is 1.80 bits per heavy atom. The van der Waals surface area contributed by atoms with Gasteiger partial charge in [0.1, 0.15) is 0 Å². The number of amides is 1. The maximum absolute atomic E-state index is 12.9. The highest BCUT2D eigenvalue weighted by Gasteiger charge is 2.39. The van der Waals surface area contributed by atoms with Gasteiger partial charge in [-0.15, -0.1) is 0 Å². The molecule has 1 aliphatic heterocycles. The lowest BCUT2D eigenvalue weighted by molar-refractivity contribution is 0.152. The van der Waals surface area contributed by atoms with Gasteiger partial charge >= 0.3 is 6.09 Å². The second-order valence-corrected chi connectivity index (χ2v) is 7.80. The third-order valence-corrected chi connectivity index (χ3v) is 5.61. The van der Waals surface area contributed by atoms with Crippen molar-refractivity contribution in [3.05, 3.63) is 53.6 Å². The number of nitrogens with one attached hydrogen (secondary N) is 1. The molecule has 2 aromatic rings. The Kier molecular flexibility index (Phi) is 7.21. The Balaban J connectivity index is 2.04. The molecule has 1 N–H and O–H groups in total. The van der Waals surface area contributed by atoms with Gasteiger partial charge < -0.3 is 19.5 Å². The summed E-state index contributed by atoms with van der Waals surface area (Å²) in [6, 6.07) is 14.2. The van der Waals surface area contributed by atoms with Gasteiger partial charge in [-0.05, 0) is 36.5 Å². The topological polar surface area (TPSA) is 60.0 Å². The fraction of sp³-hybridized carbons (Fsp3) is 0.458. The monoisotopic (exact) mass is 412 g/mol. The van der Waals surface area contributed by atoms with Crippen molar-refractivity contribution in [3.63, 3.8) is 0 Å². The summed E-state index contributed by atoms with van der Waals surface area (Å²) in [5.41, 5.74) is 3.03. The van der Waals surface area contributed by atoms with Gasteiger partial charge in [-0.1, -0.05) is 44.2 Å². The molecule has 0 saturated carbocycles. The second kappa shape index (κ2) is 9.85. The zero-order valence-electron chi connectivity index (χ0n) is 18.5. The van der Waals surface area contributed by atoms with Gasteiger partial charge in [0.05, 0.1) is 26.5 Å². The van der Waals surface area contributed by atoms with Crippen molar-refractivity contribution in [2.24, 2.45) is 5.92 Å². The Hall–Kier alpha value is -2.73. The van der Waals surface area contributed by atoms with Crippen molar-refractivity contribution in [1.82, 2.24) is 5.32 Å². The highest BCUT2D eigenvalue weighted by Crippen LogP contribution is 2.45. The van der Waals surface area contributed by atoms with Crippen LogP contribution in [0.5, 0.6) is 11.5 Å². The van der Waals surface area contributed by atoms with E-state index in [4.69, 9.17) is 14.2 Å². The van der Waals surface area contributed by atoms with Crippen LogP contribution in [0, 0.1) is 5.92 Å². The lowest BCUT2D eigenvalue weighted by atomic mass is 9.85. The van der Waals surface area contributed by atoms with Crippen LogP contribution >= 0.6 is 0 Å². The smallest absolute Gasteiger partial charge is 0.414 e. The average Bonchev–Trinajstić information content (AvgIpc) is 2.76. The van der Waals surface area contributed by atoms with E-state index in [2.05, 4.69) is 31.3 Å². The van der Waals surface area contributed by atoms with Crippen LogP contribution in [0.2, 0.25) is 0 Å². The van der Waals surface area contributed by atoms with Crippen LogP contribution in [0.1, 0.15) is 44.4 Å². The first kappa shape index (κ1) is 22.0. The fourth-order valence-electron chi connectivity index (χ4n) is 4.05. The molecule has 0 spiro atoms. The molecule has 30 heavy (non-hydrogen) atoms. The van der Waals surface area contributed by atoms with Gasteiger partial charge in [-0.3, -0.25) is 4.90 Å². The van der Waals surface area contributed by atoms with Gasteiger partial charge in [0.2, 0.25) is 0 Å². The number of rotatable bonds is 7. The third kappa shape index (κ3) is 4.54. The minimum Gasteiger partial charge on any atom is -0.493 e. The zero-order valence-corrected chi connectivity index (χ0v) is 18.5. The molecule has 2 atom stereocenters. The number of ether oxygens (including phenoxy) is 3. The van der Waals surface area contributed by atoms with Crippen LogP contribution in [0.3, 0.4) is 0 Å². The second-order valence-electron chi connectivity index (χ2n) is 7.80. The predicted molar refractivity (Wildman–Crippen MR) is 118 cm³/mol. The van der Waals surface area contributed by atoms with Crippen LogP contribution in [-0.2, 0) is 11.3 Å². The Bertz CT molecular complexity index is 854. The molecular weight excluding hydrogens is 380 g/mol. The molecule has 2 aromatic carbocycles. The minimum absolute atomic E-state index is 0.00271. The number of benzene rings is 2. The Morgan fingerprint density at radius 3 is 2.40 bits per heavy atom. The number of carbonyl (C=O) groups is 1. The first-order valence-electron chi connectivity index (χ1n) is 10.5. The van der Waals surface area contributed by atoms with Crippen molar-refractivity contribution in [2.45, 2.75) is 45.8 Å². The average molecular weight is 413 g/mol. The summed E-state index contributed by atoms with van der Waals surface area (Å²) in [5.74, 6) is 1.50. The SMILES string of the molecule is CCOC(=O)N1c2cc(OC)c(OC)cc2[C@@H](NCc2ccccc2)C[C@@H]1C(C)C. The first-order valence-corrected chi connectivity index (χ1v) is 10.5. The molecule has 1 amide bonds. The highest BCUT2D eigenvalue weighted by atomic mass is 16.6. The normalized spacial score (nSPS) is 18.1. The van der Waals surface area contributed by atoms with E-state index in [0.717, 1.165) is 24.2 Å². The van der Waals surface area contributed by atoms with E-state index in [0.29, 0.717) is 18.1 Å². The van der Waals surface area contributed by atoms with E-state index >= 15 is 0 Å². The lowest BCUT2D eigenvalue weighted by Gasteiger charge is -2.42. The summed E-state index contributed by atoms with van der Waals surface area (Å²) >= 11 is 0. The van der Waals surface area contributed by atoms with Crippen LogP contribution in [0.4, 0.5) is 10.5 Å². The molecule has 162 valence electrons. The first-order chi connectivity index (χ1) is 14.5. The molecule has 0 aliphatic carbocycles. The third-order valence-electron chi connectivity index (χ3n) is 5.61. The van der Waals surface area contributed by atoms with E-state index in [9.17, 15) is 4.79 Å². The Labute approximate surface area is 179 Å². The van der Waals surface area contributed by atoms with Crippen molar-refractivity contribution in [2.75, 3.05) is 25.7 Å². The van der Waals surface area contributed by atoms with Crippen LogP contribution < -0.4 is 19.7 Å². The van der Waals surface area contributed by atoms with Crippen LogP contribution in [-0.4, -0.2) is 33.0 Å². The number of carbonyl (C=O) groups excluding carboxylic acids is 1. The van der Waals surface area contributed by atoms with Gasteiger partial charge in [0.25, 0.3) is 0 Å². The number of methoxy groups -OCH3 is 2. The summed E-state index contributed by atoms with van der Waals surface area (Å²) < 4.78 is 16.5. The van der Waals surface area contributed by atoms with Crippen molar-refractivity contribution in [1.29, 1.82) is 0 Å². The highest BCUT2D eigenvalue weighted by molar-refractivity contribution is 5.91. The summed E-state index contributed by atoms with van der Waals surface area (Å²) in [6.07, 6.45) is 0.456. The summed E-state index contributed by atoms with van der Waals surface area (Å²) in [4.78, 5) is 14.7. The standard InChI is InChI=1S/C24H32N2O4/c1-6-30-24(27)26-20(16(2)3)13-19(25-15-17-10-8-7-9-11-17)18-12-22(28-4)23(29-5)14-21(18)26/h7-12,14,16,19-20,25H,6,13,15H2,1-5H3/t19-,20+/m0/s1. The molecule has 6 nitrogen and oxygen atoms in total. The molecule has 0 unspecified atom stereocenters. The van der Waals surface area contributed by atoms with E-state index in [1.807, 2.05) is 37.3 Å². The molecule has 3 rings (SSSR count). The quantitative estimate of drug-likeness (QED) is 0.699. The minimum atomic E-state index is -0.328. The lowest BCUT2D eigenvalue weighted by Crippen LogP contribution is -2.49. The maximum atomic E-state index is 12.9. The van der Waals surface area contributed by atoms with E-state index in [-0.39, 0.29) is 24.1 Å². The van der Waals surface area contributed by atoms with Gasteiger partial charge in [-0.2, -0.15) is 0 Å². The molecular formula is C24H32N2O4. The van der Waals surface area contributed by atoms with Gasteiger partial charge in [-0.25, -0.2) is 4.79 Å². The summed E-state index contributed by atoms with van der Waals surface area (Å²) in [7, 11) is 3.23.